The number of amides is 2. The molecule has 3 rings (SSSR count). The Labute approximate surface area is 208 Å². The molecular weight excluding hydrogens is 444 g/mol. The lowest BCUT2D eigenvalue weighted by Crippen LogP contribution is -2.62. The van der Waals surface area contributed by atoms with Crippen LogP contribution in [0.15, 0.2) is 24.3 Å². The molecule has 4 unspecified atom stereocenters. The predicted octanol–water partition coefficient (Wildman–Crippen LogP) is 1.20. The van der Waals surface area contributed by atoms with Crippen LogP contribution in [0.5, 0.6) is 0 Å². The van der Waals surface area contributed by atoms with Crippen LogP contribution >= 0.6 is 0 Å². The quantitative estimate of drug-likeness (QED) is 0.320. The van der Waals surface area contributed by atoms with E-state index >= 15 is 0 Å². The summed E-state index contributed by atoms with van der Waals surface area (Å²) in [6.07, 6.45) is 1.50. The highest BCUT2D eigenvalue weighted by molar-refractivity contribution is 5.91. The molecule has 2 amide bonds. The number of nitrogens with zero attached hydrogens (tertiary/aromatic N) is 3. The molecule has 2 fully saturated rings. The van der Waals surface area contributed by atoms with E-state index < -0.39 is 29.1 Å². The number of carbonyl (C=O) groups excluding carboxylic acids is 2. The van der Waals surface area contributed by atoms with Crippen molar-refractivity contribution in [1.29, 1.82) is 5.26 Å². The van der Waals surface area contributed by atoms with Crippen LogP contribution in [-0.4, -0.2) is 64.1 Å². The SMILES string of the molecule is CC(C)(NC(=O)C1CC(O)CN1C(=O)C(N(N)CC(N)C1CC1)C(C)(C)C)c1cccc(C#N)c1. The van der Waals surface area contributed by atoms with Crippen molar-refractivity contribution in [2.24, 2.45) is 22.9 Å². The minimum Gasteiger partial charge on any atom is -0.391 e. The first-order valence-electron chi connectivity index (χ1n) is 12.3. The third-order valence-electron chi connectivity index (χ3n) is 7.05. The van der Waals surface area contributed by atoms with Crippen molar-refractivity contribution in [3.63, 3.8) is 0 Å². The van der Waals surface area contributed by atoms with Crippen molar-refractivity contribution >= 4 is 11.8 Å². The number of aliphatic hydroxyl groups is 1. The maximum atomic E-state index is 13.8. The van der Waals surface area contributed by atoms with Crippen molar-refractivity contribution in [3.05, 3.63) is 35.4 Å². The number of rotatable bonds is 8. The highest BCUT2D eigenvalue weighted by Gasteiger charge is 2.47. The van der Waals surface area contributed by atoms with E-state index in [-0.39, 0.29) is 30.8 Å². The van der Waals surface area contributed by atoms with Crippen molar-refractivity contribution in [1.82, 2.24) is 15.2 Å². The zero-order valence-corrected chi connectivity index (χ0v) is 21.5. The van der Waals surface area contributed by atoms with E-state index in [1.807, 2.05) is 40.7 Å². The summed E-state index contributed by atoms with van der Waals surface area (Å²) in [7, 11) is 0. The average Bonchev–Trinajstić information content (AvgIpc) is 3.54. The third kappa shape index (κ3) is 6.39. The zero-order chi connectivity index (χ0) is 26.1. The van der Waals surface area contributed by atoms with Gasteiger partial charge in [-0.25, -0.2) is 5.01 Å². The molecule has 0 spiro atoms. The van der Waals surface area contributed by atoms with Gasteiger partial charge in [0.1, 0.15) is 12.1 Å². The molecule has 35 heavy (non-hydrogen) atoms. The minimum atomic E-state index is -0.828. The van der Waals surface area contributed by atoms with Gasteiger partial charge < -0.3 is 21.1 Å². The second kappa shape index (κ2) is 10.2. The predicted molar refractivity (Wildman–Crippen MR) is 133 cm³/mol. The van der Waals surface area contributed by atoms with Crippen molar-refractivity contribution in [3.8, 4) is 6.07 Å². The van der Waals surface area contributed by atoms with E-state index in [2.05, 4.69) is 11.4 Å². The van der Waals surface area contributed by atoms with Crippen LogP contribution in [0, 0.1) is 22.7 Å². The number of aliphatic hydroxyl groups excluding tert-OH is 1. The van der Waals surface area contributed by atoms with Crippen LogP contribution in [0.1, 0.15) is 65.0 Å². The molecule has 1 heterocycles. The molecule has 1 aliphatic carbocycles. The van der Waals surface area contributed by atoms with Crippen molar-refractivity contribution in [2.45, 2.75) is 83.6 Å². The van der Waals surface area contributed by atoms with Crippen LogP contribution in [-0.2, 0) is 15.1 Å². The molecule has 6 N–H and O–H groups in total. The Bertz CT molecular complexity index is 978. The fraction of sp³-hybridized carbons (Fsp3) is 0.654. The highest BCUT2D eigenvalue weighted by atomic mass is 16.3. The summed E-state index contributed by atoms with van der Waals surface area (Å²) in [5.41, 5.74) is 6.26. The Morgan fingerprint density at radius 1 is 1.29 bits per heavy atom. The first kappa shape index (κ1) is 27.1. The topological polar surface area (TPSA) is 149 Å². The lowest BCUT2D eigenvalue weighted by molar-refractivity contribution is -0.147. The molecule has 1 saturated carbocycles. The van der Waals surface area contributed by atoms with Gasteiger partial charge in [0.05, 0.1) is 23.3 Å². The highest BCUT2D eigenvalue weighted by Crippen LogP contribution is 2.34. The van der Waals surface area contributed by atoms with Gasteiger partial charge in [-0.15, -0.1) is 0 Å². The summed E-state index contributed by atoms with van der Waals surface area (Å²) >= 11 is 0. The molecule has 1 saturated heterocycles. The summed E-state index contributed by atoms with van der Waals surface area (Å²) in [5.74, 6) is 6.21. The lowest BCUT2D eigenvalue weighted by atomic mass is 9.84. The summed E-state index contributed by atoms with van der Waals surface area (Å²) in [5, 5.41) is 24.2. The molecule has 1 aliphatic heterocycles. The van der Waals surface area contributed by atoms with Crippen LogP contribution in [0.2, 0.25) is 0 Å². The fourth-order valence-electron chi connectivity index (χ4n) is 4.94. The summed E-state index contributed by atoms with van der Waals surface area (Å²) in [6.45, 7) is 9.95. The van der Waals surface area contributed by atoms with Gasteiger partial charge in [-0.05, 0) is 55.7 Å². The smallest absolute Gasteiger partial charge is 0.243 e. The van der Waals surface area contributed by atoms with Gasteiger partial charge in [0.15, 0.2) is 0 Å². The van der Waals surface area contributed by atoms with Crippen LogP contribution in [0.3, 0.4) is 0 Å². The van der Waals surface area contributed by atoms with E-state index in [1.165, 1.54) is 9.91 Å². The number of carbonyl (C=O) groups is 2. The van der Waals surface area contributed by atoms with E-state index in [9.17, 15) is 20.0 Å². The number of hydrazine groups is 1. The van der Waals surface area contributed by atoms with Crippen LogP contribution < -0.4 is 16.9 Å². The summed E-state index contributed by atoms with van der Waals surface area (Å²) < 4.78 is 0. The second-order valence-corrected chi connectivity index (χ2v) is 11.7. The standard InChI is InChI=1S/C26H40N6O3/c1-25(2,3)22(32(29)15-20(28)17-9-10-17)24(35)31-14-19(33)12-21(31)23(34)30-26(4,5)18-8-6-7-16(11-18)13-27/h6-8,11,17,19-22,33H,9-10,12,14-15,28-29H2,1-5H3,(H,30,34). The number of likely N-dealkylation sites (tertiary alicyclic amines) is 1. The molecule has 2 aliphatic rings. The van der Waals surface area contributed by atoms with E-state index in [0.29, 0.717) is 18.0 Å². The largest absolute Gasteiger partial charge is 0.391 e. The average molecular weight is 485 g/mol. The Balaban J connectivity index is 1.79. The van der Waals surface area contributed by atoms with Crippen molar-refractivity contribution < 1.29 is 14.7 Å². The van der Waals surface area contributed by atoms with Crippen LogP contribution in [0.4, 0.5) is 0 Å². The van der Waals surface area contributed by atoms with Crippen LogP contribution in [0.25, 0.3) is 0 Å². The third-order valence-corrected chi connectivity index (χ3v) is 7.05. The van der Waals surface area contributed by atoms with Gasteiger partial charge in [-0.2, -0.15) is 5.26 Å². The maximum absolute atomic E-state index is 13.8. The molecule has 0 radical (unpaired) electrons. The molecule has 192 valence electrons. The summed E-state index contributed by atoms with van der Waals surface area (Å²) in [4.78, 5) is 28.7. The number of β-amino-alcohol motifs (C(OH)–C–C–N with tert-alkyl or cyclic N) is 1. The number of hydrogen-bond acceptors (Lipinski definition) is 7. The van der Waals surface area contributed by atoms with E-state index in [4.69, 9.17) is 11.6 Å². The molecule has 1 aromatic rings. The molecular formula is C26H40N6O3. The van der Waals surface area contributed by atoms with Gasteiger partial charge in [0, 0.05) is 25.6 Å². The number of nitrogens with two attached hydrogens (primary N) is 2. The van der Waals surface area contributed by atoms with Gasteiger partial charge in [-0.3, -0.25) is 15.4 Å². The normalized spacial score (nSPS) is 22.6. The number of hydrogen-bond donors (Lipinski definition) is 4. The Morgan fingerprint density at radius 3 is 2.51 bits per heavy atom. The first-order chi connectivity index (χ1) is 16.2. The second-order valence-electron chi connectivity index (χ2n) is 11.7. The number of nitriles is 1. The molecule has 9 heteroatoms. The monoisotopic (exact) mass is 484 g/mol. The van der Waals surface area contributed by atoms with E-state index in [1.54, 1.807) is 18.2 Å². The first-order valence-corrected chi connectivity index (χ1v) is 12.3. The molecule has 0 aromatic heterocycles. The lowest BCUT2D eigenvalue weighted by Gasteiger charge is -2.40. The zero-order valence-electron chi connectivity index (χ0n) is 21.5. The summed E-state index contributed by atoms with van der Waals surface area (Å²) in [6, 6.07) is 7.53. The van der Waals surface area contributed by atoms with E-state index in [0.717, 1.165) is 18.4 Å². The Kier molecular flexibility index (Phi) is 7.92. The van der Waals surface area contributed by atoms with Gasteiger partial charge in [0.25, 0.3) is 0 Å². The maximum Gasteiger partial charge on any atom is 0.243 e. The van der Waals surface area contributed by atoms with Gasteiger partial charge in [-0.1, -0.05) is 32.9 Å². The minimum absolute atomic E-state index is 0.0658. The van der Waals surface area contributed by atoms with Gasteiger partial charge in [0.2, 0.25) is 11.8 Å². The molecule has 0 bridgehead atoms. The molecule has 4 atom stereocenters. The Hall–Kier alpha value is -2.51. The Morgan fingerprint density at radius 2 is 1.94 bits per heavy atom. The van der Waals surface area contributed by atoms with Crippen molar-refractivity contribution in [2.75, 3.05) is 13.1 Å². The molecule has 1 aromatic carbocycles. The number of benzene rings is 1. The number of nitrogens with one attached hydrogen (secondary N) is 1. The fourth-order valence-corrected chi connectivity index (χ4v) is 4.94. The molecule has 9 nitrogen and oxygen atoms in total. The van der Waals surface area contributed by atoms with Gasteiger partial charge >= 0.3 is 0 Å².